The van der Waals surface area contributed by atoms with Crippen molar-refractivity contribution in [2.24, 2.45) is 5.10 Å². The lowest BCUT2D eigenvalue weighted by Gasteiger charge is -1.98. The number of hydrogen-bond acceptors (Lipinski definition) is 3. The SMILES string of the molecule is O=C(N/N=C/c1c[nH]c2ccc(F)cc12)C(=O)c1c[nH]c2ccccc12. The highest BCUT2D eigenvalue weighted by Crippen LogP contribution is 2.19. The zero-order valence-corrected chi connectivity index (χ0v) is 13.4. The Labute approximate surface area is 146 Å². The van der Waals surface area contributed by atoms with E-state index in [1.165, 1.54) is 24.5 Å². The summed E-state index contributed by atoms with van der Waals surface area (Å²) in [7, 11) is 0. The predicted molar refractivity (Wildman–Crippen MR) is 96.6 cm³/mol. The first-order valence-corrected chi connectivity index (χ1v) is 7.84. The molecule has 0 fully saturated rings. The number of carbonyl (C=O) groups excluding carboxylic acids is 2. The van der Waals surface area contributed by atoms with Crippen LogP contribution in [0, 0.1) is 5.82 Å². The minimum Gasteiger partial charge on any atom is -0.361 e. The van der Waals surface area contributed by atoms with Gasteiger partial charge in [0.25, 0.3) is 5.78 Å². The van der Waals surface area contributed by atoms with Crippen LogP contribution in [-0.4, -0.2) is 27.9 Å². The van der Waals surface area contributed by atoms with Crippen LogP contribution in [0.4, 0.5) is 4.39 Å². The Bertz CT molecular complexity index is 1170. The molecule has 0 unspecified atom stereocenters. The van der Waals surface area contributed by atoms with Crippen molar-refractivity contribution in [2.45, 2.75) is 0 Å². The second-order valence-electron chi connectivity index (χ2n) is 5.71. The number of ketones is 1. The van der Waals surface area contributed by atoms with Gasteiger partial charge in [-0.2, -0.15) is 5.10 Å². The number of Topliss-reactive ketones (excluding diaryl/α,β-unsaturated/α-hetero) is 1. The van der Waals surface area contributed by atoms with Crippen molar-refractivity contribution in [3.8, 4) is 0 Å². The molecule has 0 saturated carbocycles. The first kappa shape index (κ1) is 15.8. The Kier molecular flexibility index (Phi) is 3.81. The summed E-state index contributed by atoms with van der Waals surface area (Å²) in [5, 5.41) is 5.11. The van der Waals surface area contributed by atoms with E-state index in [0.717, 1.165) is 11.0 Å². The van der Waals surface area contributed by atoms with Gasteiger partial charge in [0.05, 0.1) is 11.8 Å². The Morgan fingerprint density at radius 2 is 1.77 bits per heavy atom. The summed E-state index contributed by atoms with van der Waals surface area (Å²) in [4.78, 5) is 30.3. The molecule has 0 aliphatic carbocycles. The molecule has 0 bridgehead atoms. The molecule has 0 atom stereocenters. The highest BCUT2D eigenvalue weighted by molar-refractivity contribution is 6.44. The van der Waals surface area contributed by atoms with E-state index in [1.54, 1.807) is 24.4 Å². The lowest BCUT2D eigenvalue weighted by molar-refractivity contribution is -0.116. The lowest BCUT2D eigenvalue weighted by atomic mass is 10.1. The maximum atomic E-state index is 13.4. The van der Waals surface area contributed by atoms with Crippen LogP contribution in [-0.2, 0) is 4.79 Å². The summed E-state index contributed by atoms with van der Waals surface area (Å²) >= 11 is 0. The second-order valence-corrected chi connectivity index (χ2v) is 5.71. The summed E-state index contributed by atoms with van der Waals surface area (Å²) in [6, 6.07) is 11.5. The fourth-order valence-electron chi connectivity index (χ4n) is 2.81. The van der Waals surface area contributed by atoms with Crippen molar-refractivity contribution < 1.29 is 14.0 Å². The Hall–Kier alpha value is -3.74. The van der Waals surface area contributed by atoms with Crippen molar-refractivity contribution in [2.75, 3.05) is 0 Å². The number of aromatic nitrogens is 2. The van der Waals surface area contributed by atoms with Crippen LogP contribution >= 0.6 is 0 Å². The van der Waals surface area contributed by atoms with Crippen molar-refractivity contribution in [3.05, 3.63) is 71.8 Å². The van der Waals surface area contributed by atoms with Crippen LogP contribution in [0.1, 0.15) is 15.9 Å². The maximum Gasteiger partial charge on any atom is 0.312 e. The van der Waals surface area contributed by atoms with Crippen LogP contribution in [0.5, 0.6) is 0 Å². The summed E-state index contributed by atoms with van der Waals surface area (Å²) in [5.74, 6) is -1.91. The number of hydrazone groups is 1. The van der Waals surface area contributed by atoms with Gasteiger partial charge in [-0.1, -0.05) is 18.2 Å². The number of nitrogens with zero attached hydrogens (tertiary/aromatic N) is 1. The molecular formula is C19H13FN4O2. The van der Waals surface area contributed by atoms with Crippen LogP contribution in [0.2, 0.25) is 0 Å². The predicted octanol–water partition coefficient (Wildman–Crippen LogP) is 3.12. The van der Waals surface area contributed by atoms with E-state index in [4.69, 9.17) is 0 Å². The second kappa shape index (κ2) is 6.29. The van der Waals surface area contributed by atoms with Gasteiger partial charge < -0.3 is 9.97 Å². The third-order valence-electron chi connectivity index (χ3n) is 4.09. The monoisotopic (exact) mass is 348 g/mol. The molecule has 4 aromatic rings. The van der Waals surface area contributed by atoms with Gasteiger partial charge in [-0.05, 0) is 24.3 Å². The lowest BCUT2D eigenvalue weighted by Crippen LogP contribution is -2.27. The first-order valence-electron chi connectivity index (χ1n) is 7.84. The third kappa shape index (κ3) is 2.75. The Morgan fingerprint density at radius 3 is 2.65 bits per heavy atom. The molecule has 2 aromatic heterocycles. The van der Waals surface area contributed by atoms with Gasteiger partial charge in [0.15, 0.2) is 0 Å². The molecule has 128 valence electrons. The van der Waals surface area contributed by atoms with E-state index in [-0.39, 0.29) is 11.4 Å². The summed E-state index contributed by atoms with van der Waals surface area (Å²) in [5.41, 5.74) is 4.60. The molecule has 0 radical (unpaired) electrons. The molecule has 2 aromatic carbocycles. The molecule has 4 rings (SSSR count). The van der Waals surface area contributed by atoms with Gasteiger partial charge >= 0.3 is 5.91 Å². The topological polar surface area (TPSA) is 90.1 Å². The van der Waals surface area contributed by atoms with Crippen LogP contribution < -0.4 is 5.43 Å². The summed E-state index contributed by atoms with van der Waals surface area (Å²) in [6.45, 7) is 0. The minimum atomic E-state index is -0.850. The largest absolute Gasteiger partial charge is 0.361 e. The number of para-hydroxylation sites is 1. The van der Waals surface area contributed by atoms with Crippen molar-refractivity contribution in [1.29, 1.82) is 0 Å². The Morgan fingerprint density at radius 1 is 1.00 bits per heavy atom. The van der Waals surface area contributed by atoms with Crippen molar-refractivity contribution >= 4 is 39.7 Å². The first-order chi connectivity index (χ1) is 12.6. The van der Waals surface area contributed by atoms with Gasteiger partial charge in [-0.25, -0.2) is 9.82 Å². The van der Waals surface area contributed by atoms with Gasteiger partial charge in [-0.15, -0.1) is 0 Å². The average Bonchev–Trinajstić information content (AvgIpc) is 3.25. The van der Waals surface area contributed by atoms with Crippen LogP contribution in [0.3, 0.4) is 0 Å². The number of hydrogen-bond donors (Lipinski definition) is 3. The van der Waals surface area contributed by atoms with E-state index in [9.17, 15) is 14.0 Å². The summed E-state index contributed by atoms with van der Waals surface area (Å²) in [6.07, 6.45) is 4.50. The number of halogens is 1. The number of benzene rings is 2. The molecule has 7 heteroatoms. The molecule has 2 heterocycles. The normalized spacial score (nSPS) is 11.4. The van der Waals surface area contributed by atoms with Crippen LogP contribution in [0.25, 0.3) is 21.8 Å². The van der Waals surface area contributed by atoms with Gasteiger partial charge in [0.2, 0.25) is 0 Å². The van der Waals surface area contributed by atoms with E-state index >= 15 is 0 Å². The van der Waals surface area contributed by atoms with Gasteiger partial charge in [-0.3, -0.25) is 9.59 Å². The standard InChI is InChI=1S/C19H13FN4O2/c20-12-5-6-17-14(7-12)11(8-21-17)9-23-24-19(26)18(25)15-10-22-16-4-2-1-3-13(15)16/h1-10,21-22H,(H,24,26)/b23-9+. The third-order valence-corrected chi connectivity index (χ3v) is 4.09. The molecule has 1 amide bonds. The fraction of sp³-hybridized carbons (Fsp3) is 0. The minimum absolute atomic E-state index is 0.280. The van der Waals surface area contributed by atoms with Crippen molar-refractivity contribution in [1.82, 2.24) is 15.4 Å². The zero-order valence-electron chi connectivity index (χ0n) is 13.4. The molecule has 0 saturated heterocycles. The quantitative estimate of drug-likeness (QED) is 0.229. The molecule has 0 aliphatic rings. The number of carbonyl (C=O) groups is 2. The van der Waals surface area contributed by atoms with Gasteiger partial charge in [0.1, 0.15) is 5.82 Å². The molecule has 0 aliphatic heterocycles. The molecular weight excluding hydrogens is 335 g/mol. The van der Waals surface area contributed by atoms with E-state index < -0.39 is 11.7 Å². The molecule has 3 N–H and O–H groups in total. The number of fused-ring (bicyclic) bond motifs is 2. The molecule has 0 spiro atoms. The number of aromatic amines is 2. The maximum absolute atomic E-state index is 13.4. The highest BCUT2D eigenvalue weighted by Gasteiger charge is 2.19. The average molecular weight is 348 g/mol. The number of H-pyrrole nitrogens is 2. The highest BCUT2D eigenvalue weighted by atomic mass is 19.1. The number of rotatable bonds is 4. The molecule has 26 heavy (non-hydrogen) atoms. The van der Waals surface area contributed by atoms with Crippen LogP contribution in [0.15, 0.2) is 60.0 Å². The molecule has 6 nitrogen and oxygen atoms in total. The number of nitrogens with one attached hydrogen (secondary N) is 3. The smallest absolute Gasteiger partial charge is 0.312 e. The van der Waals surface area contributed by atoms with Crippen molar-refractivity contribution in [3.63, 3.8) is 0 Å². The fourth-order valence-corrected chi connectivity index (χ4v) is 2.81. The Balaban J connectivity index is 1.52. The van der Waals surface area contributed by atoms with E-state index in [2.05, 4.69) is 20.5 Å². The van der Waals surface area contributed by atoms with E-state index in [1.807, 2.05) is 12.1 Å². The zero-order chi connectivity index (χ0) is 18.1. The van der Waals surface area contributed by atoms with E-state index in [0.29, 0.717) is 16.3 Å². The number of amides is 1. The summed E-state index contributed by atoms with van der Waals surface area (Å²) < 4.78 is 13.4. The van der Waals surface area contributed by atoms with Gasteiger partial charge in [0, 0.05) is 39.8 Å².